The van der Waals surface area contributed by atoms with Crippen LogP contribution in [0.1, 0.15) is 12.5 Å². The zero-order chi connectivity index (χ0) is 13.4. The maximum absolute atomic E-state index is 11.9. The van der Waals surface area contributed by atoms with Crippen LogP contribution in [0.3, 0.4) is 0 Å². The van der Waals surface area contributed by atoms with Gasteiger partial charge in [-0.3, -0.25) is 10.1 Å². The van der Waals surface area contributed by atoms with E-state index in [0.717, 1.165) is 5.01 Å². The molecule has 1 aliphatic heterocycles. The third-order valence-electron chi connectivity index (χ3n) is 2.63. The summed E-state index contributed by atoms with van der Waals surface area (Å²) in [7, 11) is 0. The van der Waals surface area contributed by atoms with Crippen LogP contribution in [-0.4, -0.2) is 27.3 Å². The molecular formula is C10H12N4O4. The van der Waals surface area contributed by atoms with Crippen LogP contribution >= 0.6 is 0 Å². The quantitative estimate of drug-likeness (QED) is 0.614. The third-order valence-corrected chi connectivity index (χ3v) is 2.63. The number of H-pyrrole nitrogens is 1. The molecule has 2 heterocycles. The molecule has 0 radical (unpaired) electrons. The molecule has 2 amide bonds. The third kappa shape index (κ3) is 1.77. The second kappa shape index (κ2) is 4.06. The number of nitrogens with one attached hydrogen (secondary N) is 2. The number of carbonyl (C=O) groups is 1. The van der Waals surface area contributed by atoms with Crippen molar-refractivity contribution < 1.29 is 9.90 Å². The van der Waals surface area contributed by atoms with Crippen LogP contribution in [0.25, 0.3) is 0 Å². The van der Waals surface area contributed by atoms with E-state index < -0.39 is 17.3 Å². The van der Waals surface area contributed by atoms with Crippen LogP contribution in [0, 0.1) is 6.92 Å². The molecule has 0 saturated heterocycles. The lowest BCUT2D eigenvalue weighted by molar-refractivity contribution is 0.231. The molecule has 0 unspecified atom stereocenters. The number of aliphatic hydroxyl groups excluding tert-OH is 1. The largest absolute Gasteiger partial charge is 0.494 e. The van der Waals surface area contributed by atoms with E-state index >= 15 is 0 Å². The average molecular weight is 252 g/mol. The van der Waals surface area contributed by atoms with E-state index in [-0.39, 0.29) is 12.4 Å². The lowest BCUT2D eigenvalue weighted by Gasteiger charge is -2.28. The molecule has 0 aliphatic carbocycles. The highest BCUT2D eigenvalue weighted by molar-refractivity contribution is 5.87. The number of aromatic amines is 1. The summed E-state index contributed by atoms with van der Waals surface area (Å²) in [6.45, 7) is 3.07. The molecule has 8 heteroatoms. The lowest BCUT2D eigenvalue weighted by Crippen LogP contribution is -2.59. The minimum Gasteiger partial charge on any atom is -0.494 e. The van der Waals surface area contributed by atoms with Gasteiger partial charge in [-0.1, -0.05) is 0 Å². The highest BCUT2D eigenvalue weighted by atomic mass is 16.3. The number of urea groups is 1. The number of hydrogen-bond donors (Lipinski definition) is 3. The fourth-order valence-electron chi connectivity index (χ4n) is 1.58. The van der Waals surface area contributed by atoms with Crippen molar-refractivity contribution in [1.29, 1.82) is 0 Å². The van der Waals surface area contributed by atoms with E-state index in [2.05, 4.69) is 10.3 Å². The van der Waals surface area contributed by atoms with Crippen LogP contribution in [0.5, 0.6) is 0 Å². The minimum atomic E-state index is -0.740. The molecule has 3 N–H and O–H groups in total. The first-order valence-electron chi connectivity index (χ1n) is 5.20. The SMILES string of the molecule is CC1=C(O)NC(=O)N(n2c(=O)[nH]cc(C)c2=O)C1. The number of nitrogens with zero attached hydrogens (tertiary/aromatic N) is 2. The Morgan fingerprint density at radius 3 is 2.61 bits per heavy atom. The molecule has 0 saturated carbocycles. The molecule has 0 atom stereocenters. The van der Waals surface area contributed by atoms with Crippen molar-refractivity contribution in [3.05, 3.63) is 44.1 Å². The molecule has 0 spiro atoms. The van der Waals surface area contributed by atoms with E-state index in [1.54, 1.807) is 6.92 Å². The monoisotopic (exact) mass is 252 g/mol. The summed E-state index contributed by atoms with van der Waals surface area (Å²) < 4.78 is 0.709. The Hall–Kier alpha value is -2.51. The summed E-state index contributed by atoms with van der Waals surface area (Å²) in [4.78, 5) is 37.5. The van der Waals surface area contributed by atoms with Crippen LogP contribution in [0.2, 0.25) is 0 Å². The Kier molecular flexibility index (Phi) is 2.70. The standard InChI is InChI=1S/C10H12N4O4/c1-5-3-11-9(17)14(8(5)16)13-4-6(2)7(15)12-10(13)18/h3,15H,4H2,1-2H3,(H,11,17)(H,12,18). The number of hydrogen-bond acceptors (Lipinski definition) is 4. The predicted octanol–water partition coefficient (Wildman–Crippen LogP) is -0.704. The fraction of sp³-hybridized carbons (Fsp3) is 0.300. The van der Waals surface area contributed by atoms with Gasteiger partial charge in [0.15, 0.2) is 5.88 Å². The number of carbonyl (C=O) groups excluding carboxylic acids is 1. The van der Waals surface area contributed by atoms with E-state index in [9.17, 15) is 19.5 Å². The van der Waals surface area contributed by atoms with Crippen molar-refractivity contribution in [2.45, 2.75) is 13.8 Å². The number of aromatic nitrogens is 2. The first-order chi connectivity index (χ1) is 8.41. The van der Waals surface area contributed by atoms with Gasteiger partial charge in [0.1, 0.15) is 0 Å². The highest BCUT2D eigenvalue weighted by Gasteiger charge is 2.26. The van der Waals surface area contributed by atoms with Gasteiger partial charge in [-0.15, -0.1) is 0 Å². The molecular weight excluding hydrogens is 240 g/mol. The summed E-state index contributed by atoms with van der Waals surface area (Å²) in [5.41, 5.74) is -0.542. The topological polar surface area (TPSA) is 107 Å². The summed E-state index contributed by atoms with van der Waals surface area (Å²) in [5, 5.41) is 12.4. The molecule has 0 fully saturated rings. The number of rotatable bonds is 1. The molecule has 0 bridgehead atoms. The molecule has 1 aliphatic rings. The molecule has 18 heavy (non-hydrogen) atoms. The van der Waals surface area contributed by atoms with Crippen LogP contribution < -0.4 is 21.6 Å². The normalized spacial score (nSPS) is 15.9. The van der Waals surface area contributed by atoms with Crippen molar-refractivity contribution in [1.82, 2.24) is 15.0 Å². The van der Waals surface area contributed by atoms with Crippen molar-refractivity contribution in [3.63, 3.8) is 0 Å². The Morgan fingerprint density at radius 1 is 1.28 bits per heavy atom. The fourth-order valence-corrected chi connectivity index (χ4v) is 1.58. The molecule has 1 aromatic heterocycles. The Morgan fingerprint density at radius 2 is 1.94 bits per heavy atom. The van der Waals surface area contributed by atoms with E-state index in [0.29, 0.717) is 15.8 Å². The number of amides is 2. The van der Waals surface area contributed by atoms with E-state index in [1.807, 2.05) is 0 Å². The van der Waals surface area contributed by atoms with Gasteiger partial charge in [-0.05, 0) is 13.8 Å². The van der Waals surface area contributed by atoms with Crippen molar-refractivity contribution in [3.8, 4) is 0 Å². The molecule has 2 rings (SSSR count). The Labute approximate surface area is 101 Å². The van der Waals surface area contributed by atoms with Gasteiger partial charge >= 0.3 is 11.7 Å². The first kappa shape index (κ1) is 12.0. The molecule has 1 aromatic rings. The van der Waals surface area contributed by atoms with Gasteiger partial charge in [-0.25, -0.2) is 14.6 Å². The number of aliphatic hydroxyl groups is 1. The summed E-state index contributed by atoms with van der Waals surface area (Å²) in [6.07, 6.45) is 1.28. The van der Waals surface area contributed by atoms with Crippen LogP contribution in [0.15, 0.2) is 27.2 Å². The predicted molar refractivity (Wildman–Crippen MR) is 63.0 cm³/mol. The molecule has 96 valence electrons. The van der Waals surface area contributed by atoms with Crippen molar-refractivity contribution in [2.75, 3.05) is 11.6 Å². The van der Waals surface area contributed by atoms with Gasteiger partial charge in [0.05, 0.1) is 6.54 Å². The van der Waals surface area contributed by atoms with Crippen molar-refractivity contribution in [2.24, 2.45) is 0 Å². The summed E-state index contributed by atoms with van der Waals surface area (Å²) in [5.74, 6) is -0.256. The number of aryl methyl sites for hydroxylation is 1. The second-order valence-corrected chi connectivity index (χ2v) is 4.01. The average Bonchev–Trinajstić information content (AvgIpc) is 2.31. The van der Waals surface area contributed by atoms with Gasteiger partial charge in [-0.2, -0.15) is 4.68 Å². The zero-order valence-corrected chi connectivity index (χ0v) is 9.85. The van der Waals surface area contributed by atoms with Crippen LogP contribution in [-0.2, 0) is 0 Å². The zero-order valence-electron chi connectivity index (χ0n) is 9.85. The van der Waals surface area contributed by atoms with Gasteiger partial charge in [0.2, 0.25) is 0 Å². The Bertz CT molecular complexity index is 655. The van der Waals surface area contributed by atoms with E-state index in [1.165, 1.54) is 13.1 Å². The highest BCUT2D eigenvalue weighted by Crippen LogP contribution is 2.06. The second-order valence-electron chi connectivity index (χ2n) is 4.01. The summed E-state index contributed by atoms with van der Waals surface area (Å²) in [6, 6.07) is -0.740. The maximum atomic E-state index is 11.9. The van der Waals surface area contributed by atoms with Gasteiger partial charge in [0.25, 0.3) is 5.56 Å². The van der Waals surface area contributed by atoms with E-state index in [4.69, 9.17) is 0 Å². The van der Waals surface area contributed by atoms with Gasteiger partial charge < -0.3 is 10.1 Å². The maximum Gasteiger partial charge on any atom is 0.347 e. The van der Waals surface area contributed by atoms with Crippen molar-refractivity contribution >= 4 is 6.03 Å². The smallest absolute Gasteiger partial charge is 0.347 e. The molecule has 0 aromatic carbocycles. The van der Waals surface area contributed by atoms with Crippen LogP contribution in [0.4, 0.5) is 4.79 Å². The lowest BCUT2D eigenvalue weighted by atomic mass is 10.3. The Balaban J connectivity index is 2.58. The first-order valence-corrected chi connectivity index (χ1v) is 5.20. The minimum absolute atomic E-state index is 0.0376. The molecule has 8 nitrogen and oxygen atoms in total. The van der Waals surface area contributed by atoms with Gasteiger partial charge in [0, 0.05) is 17.3 Å². The summed E-state index contributed by atoms with van der Waals surface area (Å²) >= 11 is 0.